The maximum Gasteiger partial charge on any atom is 0.341 e. The van der Waals surface area contributed by atoms with Crippen molar-refractivity contribution in [3.8, 4) is 0 Å². The van der Waals surface area contributed by atoms with Gasteiger partial charge in [-0.2, -0.15) is 0 Å². The molecule has 1 fully saturated rings. The van der Waals surface area contributed by atoms with Crippen molar-refractivity contribution >= 4 is 17.6 Å². The van der Waals surface area contributed by atoms with Crippen molar-refractivity contribution < 1.29 is 19.0 Å². The van der Waals surface area contributed by atoms with Crippen LogP contribution in [0.3, 0.4) is 0 Å². The van der Waals surface area contributed by atoms with E-state index in [-0.39, 0.29) is 24.1 Å². The summed E-state index contributed by atoms with van der Waals surface area (Å²) in [6.07, 6.45) is 7.84. The van der Waals surface area contributed by atoms with Crippen LogP contribution in [0.1, 0.15) is 56.6 Å². The summed E-state index contributed by atoms with van der Waals surface area (Å²) < 4.78 is 16.8. The average Bonchev–Trinajstić information content (AvgIpc) is 3.12. The Morgan fingerprint density at radius 1 is 1.33 bits per heavy atom. The van der Waals surface area contributed by atoms with Crippen LogP contribution < -0.4 is 5.32 Å². The van der Waals surface area contributed by atoms with Gasteiger partial charge in [0.2, 0.25) is 0 Å². The lowest BCUT2D eigenvalue weighted by atomic mass is 9.79. The molecule has 0 radical (unpaired) electrons. The molecule has 3 aliphatic rings. The van der Waals surface area contributed by atoms with E-state index in [9.17, 15) is 4.79 Å². The highest BCUT2D eigenvalue weighted by Crippen LogP contribution is 2.39. The fourth-order valence-electron chi connectivity index (χ4n) is 4.16. The van der Waals surface area contributed by atoms with Crippen molar-refractivity contribution in [2.24, 2.45) is 0 Å². The monoisotopic (exact) mass is 372 g/mol. The van der Waals surface area contributed by atoms with Crippen LogP contribution in [-0.2, 0) is 30.8 Å². The number of ether oxygens (including phenoxy) is 3. The van der Waals surface area contributed by atoms with Crippen molar-refractivity contribution in [1.82, 2.24) is 10.3 Å². The first-order valence-corrected chi connectivity index (χ1v) is 9.61. The van der Waals surface area contributed by atoms with Gasteiger partial charge in [-0.25, -0.2) is 4.79 Å². The molecule has 1 atom stereocenters. The quantitative estimate of drug-likeness (QED) is 0.798. The first-order chi connectivity index (χ1) is 12.8. The Hall–Kier alpha value is -2.05. The van der Waals surface area contributed by atoms with Crippen molar-refractivity contribution in [3.63, 3.8) is 0 Å². The lowest BCUT2D eigenvalue weighted by molar-refractivity contribution is -0.154. The zero-order chi connectivity index (χ0) is 19.2. The molecule has 1 aromatic rings. The van der Waals surface area contributed by atoms with E-state index in [1.807, 2.05) is 13.8 Å². The first-order valence-electron chi connectivity index (χ1n) is 9.61. The van der Waals surface area contributed by atoms with E-state index in [4.69, 9.17) is 14.2 Å². The molecule has 0 saturated carbocycles. The van der Waals surface area contributed by atoms with Crippen LogP contribution in [0.2, 0.25) is 0 Å². The summed E-state index contributed by atoms with van der Waals surface area (Å²) in [5, 5.41) is 3.29. The van der Waals surface area contributed by atoms with Gasteiger partial charge in [0.15, 0.2) is 5.79 Å². The number of aromatic nitrogens is 1. The number of carbonyl (C=O) groups excluding carboxylic acids is 1. The molecular weight excluding hydrogens is 344 g/mol. The Kier molecular flexibility index (Phi) is 4.43. The molecule has 1 aromatic heterocycles. The van der Waals surface area contributed by atoms with Crippen molar-refractivity contribution in [2.75, 3.05) is 19.8 Å². The van der Waals surface area contributed by atoms with Crippen LogP contribution in [0.4, 0.5) is 0 Å². The van der Waals surface area contributed by atoms with Gasteiger partial charge >= 0.3 is 5.97 Å². The normalized spacial score (nSPS) is 25.0. The molecule has 27 heavy (non-hydrogen) atoms. The van der Waals surface area contributed by atoms with Crippen LogP contribution in [0, 0.1) is 0 Å². The lowest BCUT2D eigenvalue weighted by Gasteiger charge is -2.26. The van der Waals surface area contributed by atoms with Gasteiger partial charge in [-0.1, -0.05) is 19.9 Å². The molecule has 1 unspecified atom stereocenters. The van der Waals surface area contributed by atoms with Gasteiger partial charge in [0.1, 0.15) is 12.7 Å². The third-order valence-corrected chi connectivity index (χ3v) is 5.41. The molecule has 0 aromatic carbocycles. The number of hydrogen-bond acceptors (Lipinski definition) is 5. The van der Waals surface area contributed by atoms with Crippen LogP contribution in [0.25, 0.3) is 11.6 Å². The summed E-state index contributed by atoms with van der Waals surface area (Å²) in [5.74, 6) is -0.972. The van der Waals surface area contributed by atoms with E-state index in [1.165, 1.54) is 11.1 Å². The second-order valence-corrected chi connectivity index (χ2v) is 8.58. The lowest BCUT2D eigenvalue weighted by Crippen LogP contribution is -2.30. The number of nitrogens with one attached hydrogen (secondary N) is 2. The predicted octanol–water partition coefficient (Wildman–Crippen LogP) is 2.89. The summed E-state index contributed by atoms with van der Waals surface area (Å²) in [6.45, 7) is 9.50. The van der Waals surface area contributed by atoms with Crippen LogP contribution in [0.5, 0.6) is 0 Å². The largest absolute Gasteiger partial charge is 0.459 e. The molecule has 3 heterocycles. The fraction of sp³-hybridized carbons (Fsp3) is 0.571. The topological polar surface area (TPSA) is 72.6 Å². The van der Waals surface area contributed by atoms with Gasteiger partial charge in [0, 0.05) is 23.9 Å². The van der Waals surface area contributed by atoms with E-state index in [2.05, 4.69) is 36.3 Å². The first kappa shape index (κ1) is 18.3. The standard InChI is InChI=1S/C21H28N2O4/c1-20(2)12-22-9-15(18-17(20)14-7-5-6-8-16(14)23-18)19(24)25-10-13-11-26-21(3,4)27-13/h6,8-9,13,22-23H,5,7,10-12H2,1-4H3. The number of carbonyl (C=O) groups is 1. The number of H-pyrrole nitrogens is 1. The third kappa shape index (κ3) is 3.44. The Bertz CT molecular complexity index is 816. The molecule has 6 nitrogen and oxygen atoms in total. The smallest absolute Gasteiger partial charge is 0.341 e. The molecular formula is C21H28N2O4. The van der Waals surface area contributed by atoms with Crippen molar-refractivity contribution in [2.45, 2.75) is 57.8 Å². The van der Waals surface area contributed by atoms with Gasteiger partial charge in [-0.05, 0) is 43.9 Å². The minimum Gasteiger partial charge on any atom is -0.459 e. The molecule has 0 bridgehead atoms. The highest BCUT2D eigenvalue weighted by atomic mass is 16.7. The third-order valence-electron chi connectivity index (χ3n) is 5.41. The summed E-state index contributed by atoms with van der Waals surface area (Å²) >= 11 is 0. The summed E-state index contributed by atoms with van der Waals surface area (Å²) in [5.41, 5.74) is 4.96. The van der Waals surface area contributed by atoms with E-state index < -0.39 is 5.79 Å². The molecule has 2 N–H and O–H groups in total. The number of esters is 1. The van der Waals surface area contributed by atoms with Crippen LogP contribution in [-0.4, -0.2) is 42.6 Å². The van der Waals surface area contributed by atoms with E-state index >= 15 is 0 Å². The van der Waals surface area contributed by atoms with Crippen molar-refractivity contribution in [1.29, 1.82) is 0 Å². The second kappa shape index (κ2) is 6.53. The van der Waals surface area contributed by atoms with Gasteiger partial charge in [-0.3, -0.25) is 0 Å². The van der Waals surface area contributed by atoms with E-state index in [1.54, 1.807) is 6.20 Å². The Morgan fingerprint density at radius 3 is 2.89 bits per heavy atom. The van der Waals surface area contributed by atoms with Crippen molar-refractivity contribution in [3.05, 3.63) is 34.8 Å². The highest BCUT2D eigenvalue weighted by Gasteiger charge is 2.37. The van der Waals surface area contributed by atoms with Crippen LogP contribution >= 0.6 is 0 Å². The maximum absolute atomic E-state index is 12.9. The molecule has 4 rings (SSSR count). The predicted molar refractivity (Wildman–Crippen MR) is 103 cm³/mol. The van der Waals surface area contributed by atoms with Gasteiger partial charge in [0.25, 0.3) is 0 Å². The number of rotatable bonds is 3. The minimum absolute atomic E-state index is 0.0877. The Labute approximate surface area is 159 Å². The molecule has 146 valence electrons. The number of aromatic amines is 1. The number of hydrogen-bond donors (Lipinski definition) is 2. The SMILES string of the molecule is CC1(C)OCC(COC(=O)C2=CNCC(C)(C)c3c2[nH]c2c3CCC=C2)O1. The minimum atomic E-state index is -0.623. The second-order valence-electron chi connectivity index (χ2n) is 8.58. The molecule has 1 saturated heterocycles. The molecule has 2 aliphatic heterocycles. The zero-order valence-corrected chi connectivity index (χ0v) is 16.5. The van der Waals surface area contributed by atoms with Gasteiger partial charge in [0.05, 0.1) is 17.9 Å². The molecule has 6 heteroatoms. The summed E-state index contributed by atoms with van der Waals surface area (Å²) in [6, 6.07) is 0. The summed E-state index contributed by atoms with van der Waals surface area (Å²) in [7, 11) is 0. The number of allylic oxidation sites excluding steroid dienone is 1. The fourth-order valence-corrected chi connectivity index (χ4v) is 4.16. The van der Waals surface area contributed by atoms with E-state index in [0.29, 0.717) is 12.2 Å². The van der Waals surface area contributed by atoms with Gasteiger partial charge in [-0.15, -0.1) is 0 Å². The average molecular weight is 372 g/mol. The molecule has 0 amide bonds. The highest BCUT2D eigenvalue weighted by molar-refractivity contribution is 6.16. The molecule has 1 aliphatic carbocycles. The zero-order valence-electron chi connectivity index (χ0n) is 16.5. The van der Waals surface area contributed by atoms with Gasteiger partial charge < -0.3 is 24.5 Å². The Balaban J connectivity index is 1.58. The van der Waals surface area contributed by atoms with Crippen LogP contribution in [0.15, 0.2) is 12.3 Å². The summed E-state index contributed by atoms with van der Waals surface area (Å²) in [4.78, 5) is 16.4. The number of fused-ring (bicyclic) bond motifs is 3. The maximum atomic E-state index is 12.9. The van der Waals surface area contributed by atoms with E-state index in [0.717, 1.165) is 30.8 Å². The molecule has 0 spiro atoms. The Morgan fingerprint density at radius 2 is 2.15 bits per heavy atom.